The van der Waals surface area contributed by atoms with E-state index in [1.54, 1.807) is 67.8 Å². The maximum Gasteiger partial charge on any atom is 0.300 e. The molecular formula is C27H23NO6. The van der Waals surface area contributed by atoms with Crippen LogP contribution < -0.4 is 14.4 Å². The van der Waals surface area contributed by atoms with E-state index >= 15 is 0 Å². The number of benzene rings is 3. The summed E-state index contributed by atoms with van der Waals surface area (Å²) < 4.78 is 10.9. The molecule has 0 aliphatic carbocycles. The number of phenolic OH excluding ortho intramolecular Hbond substituents is 1. The lowest BCUT2D eigenvalue weighted by molar-refractivity contribution is -0.132. The number of carbonyl (C=O) groups is 2. The van der Waals surface area contributed by atoms with Gasteiger partial charge < -0.3 is 19.7 Å². The number of nitrogens with zero attached hydrogens (tertiary/aromatic N) is 1. The summed E-state index contributed by atoms with van der Waals surface area (Å²) in [5, 5.41) is 21.8. The summed E-state index contributed by atoms with van der Waals surface area (Å²) in [6.07, 6.45) is 1.66. The number of aromatic hydroxyl groups is 1. The molecule has 1 atom stereocenters. The van der Waals surface area contributed by atoms with Crippen LogP contribution in [-0.4, -0.2) is 35.6 Å². The molecule has 7 heteroatoms. The lowest BCUT2D eigenvalue weighted by Gasteiger charge is -2.26. The first-order valence-corrected chi connectivity index (χ1v) is 11.0. The summed E-state index contributed by atoms with van der Waals surface area (Å²) in [5.41, 5.74) is 2.09. The quantitative estimate of drug-likeness (QED) is 0.344. The molecule has 172 valence electrons. The first-order chi connectivity index (χ1) is 16.5. The average Bonchev–Trinajstić information content (AvgIpc) is 3.13. The number of phenols is 1. The number of hydrogen-bond acceptors (Lipinski definition) is 6. The van der Waals surface area contributed by atoms with E-state index in [1.807, 2.05) is 0 Å². The van der Waals surface area contributed by atoms with Gasteiger partial charge in [-0.2, -0.15) is 0 Å². The number of anilines is 1. The van der Waals surface area contributed by atoms with Gasteiger partial charge in [-0.05, 0) is 66.4 Å². The molecule has 1 unspecified atom stereocenters. The van der Waals surface area contributed by atoms with Gasteiger partial charge in [0, 0.05) is 5.56 Å². The van der Waals surface area contributed by atoms with Crippen molar-refractivity contribution in [1.29, 1.82) is 0 Å². The smallest absolute Gasteiger partial charge is 0.300 e. The zero-order valence-corrected chi connectivity index (χ0v) is 18.5. The third kappa shape index (κ3) is 3.55. The summed E-state index contributed by atoms with van der Waals surface area (Å²) in [6.45, 7) is 0.640. The standard InChI is InChI=1S/C27H23NO6/c1-33-19-11-8-16(9-12-19)24-23(25(30)18-10-13-22-17(15-18)5-4-14-34-22)26(31)27(32)28(24)20-6-2-3-7-21(20)29/h2-3,6-13,15,24,29-30H,4-5,14H2,1H3/b25-23-. The number of ketones is 1. The summed E-state index contributed by atoms with van der Waals surface area (Å²) in [6, 6.07) is 17.5. The highest BCUT2D eigenvalue weighted by Gasteiger charge is 2.47. The Morgan fingerprint density at radius 3 is 2.56 bits per heavy atom. The Bertz CT molecular complexity index is 1310. The predicted octanol–water partition coefficient (Wildman–Crippen LogP) is 4.35. The number of aliphatic hydroxyl groups excluding tert-OH is 1. The van der Waals surface area contributed by atoms with Crippen LogP contribution in [0, 0.1) is 0 Å². The van der Waals surface area contributed by atoms with E-state index in [-0.39, 0.29) is 22.8 Å². The van der Waals surface area contributed by atoms with Crippen molar-refractivity contribution < 1.29 is 29.3 Å². The predicted molar refractivity (Wildman–Crippen MR) is 126 cm³/mol. The average molecular weight is 457 g/mol. The van der Waals surface area contributed by atoms with Crippen molar-refractivity contribution in [3.63, 3.8) is 0 Å². The van der Waals surface area contributed by atoms with Crippen molar-refractivity contribution in [1.82, 2.24) is 0 Å². The first kappa shape index (κ1) is 21.6. The molecule has 0 bridgehead atoms. The maximum absolute atomic E-state index is 13.3. The van der Waals surface area contributed by atoms with E-state index < -0.39 is 17.7 Å². The van der Waals surface area contributed by atoms with Gasteiger partial charge in [0.2, 0.25) is 0 Å². The van der Waals surface area contributed by atoms with Crippen LogP contribution in [0.4, 0.5) is 5.69 Å². The summed E-state index contributed by atoms with van der Waals surface area (Å²) >= 11 is 0. The monoisotopic (exact) mass is 457 g/mol. The summed E-state index contributed by atoms with van der Waals surface area (Å²) in [7, 11) is 1.54. The second-order valence-electron chi connectivity index (χ2n) is 8.21. The third-order valence-corrected chi connectivity index (χ3v) is 6.20. The largest absolute Gasteiger partial charge is 0.507 e. The van der Waals surface area contributed by atoms with E-state index in [9.17, 15) is 19.8 Å². The molecule has 2 heterocycles. The van der Waals surface area contributed by atoms with Crippen LogP contribution in [0.5, 0.6) is 17.2 Å². The topological polar surface area (TPSA) is 96.3 Å². The fourth-order valence-electron chi connectivity index (χ4n) is 4.51. The van der Waals surface area contributed by atoms with Gasteiger partial charge in [0.1, 0.15) is 23.0 Å². The van der Waals surface area contributed by atoms with Crippen molar-refractivity contribution in [2.45, 2.75) is 18.9 Å². The van der Waals surface area contributed by atoms with Crippen LogP contribution in [0.2, 0.25) is 0 Å². The first-order valence-electron chi connectivity index (χ1n) is 11.0. The van der Waals surface area contributed by atoms with Crippen molar-refractivity contribution in [3.05, 3.63) is 89.0 Å². The molecule has 0 spiro atoms. The number of aliphatic hydroxyl groups is 1. The van der Waals surface area contributed by atoms with Gasteiger partial charge >= 0.3 is 0 Å². The lowest BCUT2D eigenvalue weighted by Crippen LogP contribution is -2.29. The second kappa shape index (κ2) is 8.59. The minimum Gasteiger partial charge on any atom is -0.507 e. The molecule has 1 amide bonds. The zero-order chi connectivity index (χ0) is 23.8. The van der Waals surface area contributed by atoms with Crippen LogP contribution in [0.15, 0.2) is 72.3 Å². The lowest BCUT2D eigenvalue weighted by atomic mass is 9.93. The molecule has 34 heavy (non-hydrogen) atoms. The molecule has 0 saturated carbocycles. The van der Waals surface area contributed by atoms with E-state index in [1.165, 1.54) is 11.0 Å². The number of ether oxygens (including phenoxy) is 2. The molecule has 2 N–H and O–H groups in total. The van der Waals surface area contributed by atoms with Crippen LogP contribution >= 0.6 is 0 Å². The number of amides is 1. The van der Waals surface area contributed by atoms with Gasteiger partial charge in [-0.1, -0.05) is 24.3 Å². The number of carbonyl (C=O) groups excluding carboxylic acids is 2. The molecule has 2 aliphatic heterocycles. The van der Waals surface area contributed by atoms with Crippen molar-refractivity contribution >= 4 is 23.1 Å². The van der Waals surface area contributed by atoms with Crippen LogP contribution in [0.3, 0.4) is 0 Å². The van der Waals surface area contributed by atoms with Crippen molar-refractivity contribution in [3.8, 4) is 17.2 Å². The number of methoxy groups -OCH3 is 1. The molecule has 0 radical (unpaired) electrons. The molecule has 5 rings (SSSR count). The summed E-state index contributed by atoms with van der Waals surface area (Å²) in [5.74, 6) is -0.706. The van der Waals surface area contributed by atoms with Crippen LogP contribution in [0.25, 0.3) is 5.76 Å². The van der Waals surface area contributed by atoms with Crippen LogP contribution in [-0.2, 0) is 16.0 Å². The Hall–Kier alpha value is -4.26. The molecule has 7 nitrogen and oxygen atoms in total. The molecule has 3 aromatic rings. The van der Waals surface area contributed by atoms with E-state index in [4.69, 9.17) is 9.47 Å². The third-order valence-electron chi connectivity index (χ3n) is 6.20. The van der Waals surface area contributed by atoms with Gasteiger partial charge in [-0.3, -0.25) is 14.5 Å². The van der Waals surface area contributed by atoms with Crippen LogP contribution in [0.1, 0.15) is 29.2 Å². The Morgan fingerprint density at radius 2 is 1.82 bits per heavy atom. The van der Waals surface area contributed by atoms with Gasteiger partial charge in [-0.25, -0.2) is 0 Å². The number of hydrogen-bond donors (Lipinski definition) is 2. The minimum absolute atomic E-state index is 0.0462. The Kier molecular flexibility index (Phi) is 5.45. The van der Waals surface area contributed by atoms with Gasteiger partial charge in [0.05, 0.1) is 31.0 Å². The van der Waals surface area contributed by atoms with Gasteiger partial charge in [-0.15, -0.1) is 0 Å². The second-order valence-corrected chi connectivity index (χ2v) is 8.21. The minimum atomic E-state index is -0.938. The normalized spacial score (nSPS) is 19.0. The van der Waals surface area contributed by atoms with E-state index in [0.29, 0.717) is 23.5 Å². The van der Waals surface area contributed by atoms with E-state index in [0.717, 1.165) is 24.2 Å². The molecule has 3 aromatic carbocycles. The number of para-hydroxylation sites is 2. The molecule has 0 aromatic heterocycles. The number of fused-ring (bicyclic) bond motifs is 1. The zero-order valence-electron chi connectivity index (χ0n) is 18.5. The fraction of sp³-hybridized carbons (Fsp3) is 0.185. The maximum atomic E-state index is 13.3. The van der Waals surface area contributed by atoms with Crippen molar-refractivity contribution in [2.75, 3.05) is 18.6 Å². The number of rotatable bonds is 4. The Morgan fingerprint density at radius 1 is 1.06 bits per heavy atom. The highest BCUT2D eigenvalue weighted by atomic mass is 16.5. The fourth-order valence-corrected chi connectivity index (χ4v) is 4.51. The van der Waals surface area contributed by atoms with E-state index in [2.05, 4.69) is 0 Å². The number of aryl methyl sites for hydroxylation is 1. The molecule has 1 saturated heterocycles. The SMILES string of the molecule is COc1ccc(C2/C(=C(/O)c3ccc4c(c3)CCCO4)C(=O)C(=O)N2c2ccccc2O)cc1. The molecule has 1 fully saturated rings. The highest BCUT2D eigenvalue weighted by Crippen LogP contribution is 2.45. The van der Waals surface area contributed by atoms with Gasteiger partial charge in [0.25, 0.3) is 11.7 Å². The van der Waals surface area contributed by atoms with Gasteiger partial charge in [0.15, 0.2) is 0 Å². The molecular weight excluding hydrogens is 434 g/mol. The highest BCUT2D eigenvalue weighted by molar-refractivity contribution is 6.51. The Labute approximate surface area is 196 Å². The number of Topliss-reactive ketones (excluding diaryl/α,β-unsaturated/α-hetero) is 1. The summed E-state index contributed by atoms with van der Waals surface area (Å²) in [4.78, 5) is 27.7. The molecule has 2 aliphatic rings. The Balaban J connectivity index is 1.70. The van der Waals surface area contributed by atoms with Crippen molar-refractivity contribution in [2.24, 2.45) is 0 Å².